The Kier molecular flexibility index (Phi) is 4.08. The molecule has 1 aromatic carbocycles. The zero-order valence-electron chi connectivity index (χ0n) is 12.5. The molecule has 23 heavy (non-hydrogen) atoms. The average molecular weight is 329 g/mol. The molecule has 0 spiro atoms. The van der Waals surface area contributed by atoms with Gasteiger partial charge in [-0.1, -0.05) is 11.6 Å². The number of aromatic nitrogens is 3. The number of oxazole rings is 1. The Morgan fingerprint density at radius 2 is 1.74 bits per heavy atom. The normalized spacial score (nSPS) is 11.3. The molecule has 2 heterocycles. The fourth-order valence-electron chi connectivity index (χ4n) is 2.01. The van der Waals surface area contributed by atoms with Gasteiger partial charge in [0.2, 0.25) is 11.8 Å². The molecule has 0 radical (unpaired) electrons. The molecule has 3 rings (SSSR count). The summed E-state index contributed by atoms with van der Waals surface area (Å²) in [5.41, 5.74) is 2.54. The SMILES string of the molecule is Cc1cc(C)nc(/N=C/c2nc(-c3ccc(Cl)cc3)oc2O)n1. The van der Waals surface area contributed by atoms with E-state index in [0.717, 1.165) is 11.4 Å². The first kappa shape index (κ1) is 15.2. The fourth-order valence-corrected chi connectivity index (χ4v) is 2.13. The molecule has 0 aliphatic carbocycles. The van der Waals surface area contributed by atoms with Crippen molar-refractivity contribution in [2.75, 3.05) is 0 Å². The van der Waals surface area contributed by atoms with Crippen molar-refractivity contribution in [3.63, 3.8) is 0 Å². The molecule has 0 aliphatic heterocycles. The third-order valence-corrected chi connectivity index (χ3v) is 3.25. The van der Waals surface area contributed by atoms with Crippen molar-refractivity contribution in [2.45, 2.75) is 13.8 Å². The van der Waals surface area contributed by atoms with Crippen molar-refractivity contribution in [1.82, 2.24) is 15.0 Å². The summed E-state index contributed by atoms with van der Waals surface area (Å²) in [4.78, 5) is 16.7. The lowest BCUT2D eigenvalue weighted by molar-refractivity contribution is 0.337. The molecule has 0 unspecified atom stereocenters. The van der Waals surface area contributed by atoms with Gasteiger partial charge < -0.3 is 9.52 Å². The molecule has 7 heteroatoms. The van der Waals surface area contributed by atoms with Crippen LogP contribution in [0.3, 0.4) is 0 Å². The maximum atomic E-state index is 9.85. The number of rotatable bonds is 3. The van der Waals surface area contributed by atoms with E-state index in [1.54, 1.807) is 24.3 Å². The molecule has 6 nitrogen and oxygen atoms in total. The number of aromatic hydroxyl groups is 1. The number of benzene rings is 1. The van der Waals surface area contributed by atoms with Crippen molar-refractivity contribution < 1.29 is 9.52 Å². The van der Waals surface area contributed by atoms with Gasteiger partial charge >= 0.3 is 5.95 Å². The lowest BCUT2D eigenvalue weighted by atomic mass is 10.2. The van der Waals surface area contributed by atoms with E-state index < -0.39 is 0 Å². The van der Waals surface area contributed by atoms with Crippen LogP contribution in [0.25, 0.3) is 11.5 Å². The lowest BCUT2D eigenvalue weighted by Gasteiger charge is -1.96. The van der Waals surface area contributed by atoms with Gasteiger partial charge in [-0.05, 0) is 44.2 Å². The first-order valence-electron chi connectivity index (χ1n) is 6.83. The Bertz CT molecular complexity index is 852. The molecule has 0 saturated carbocycles. The highest BCUT2D eigenvalue weighted by molar-refractivity contribution is 6.30. The largest absolute Gasteiger partial charge is 0.479 e. The number of aryl methyl sites for hydroxylation is 2. The predicted octanol–water partition coefficient (Wildman–Crippen LogP) is 3.86. The summed E-state index contributed by atoms with van der Waals surface area (Å²) in [7, 11) is 0. The zero-order valence-corrected chi connectivity index (χ0v) is 13.2. The lowest BCUT2D eigenvalue weighted by Crippen LogP contribution is -1.90. The van der Waals surface area contributed by atoms with E-state index in [1.165, 1.54) is 6.21 Å². The fraction of sp³-hybridized carbons (Fsp3) is 0.125. The standard InChI is InChI=1S/C16H13ClN4O2/c1-9-7-10(2)20-16(19-9)18-8-13-15(22)23-14(21-13)11-3-5-12(17)6-4-11/h3-8,22H,1-2H3/b18-8+. The van der Waals surface area contributed by atoms with Gasteiger partial charge in [-0.3, -0.25) is 0 Å². The maximum absolute atomic E-state index is 9.85. The predicted molar refractivity (Wildman–Crippen MR) is 87.4 cm³/mol. The van der Waals surface area contributed by atoms with Gasteiger partial charge in [0.1, 0.15) is 0 Å². The summed E-state index contributed by atoms with van der Waals surface area (Å²) < 4.78 is 5.25. The van der Waals surface area contributed by atoms with Crippen molar-refractivity contribution in [2.24, 2.45) is 4.99 Å². The summed E-state index contributed by atoms with van der Waals surface area (Å²) in [6, 6.07) is 8.79. The van der Waals surface area contributed by atoms with E-state index in [4.69, 9.17) is 16.0 Å². The molecular formula is C16H13ClN4O2. The number of halogens is 1. The second kappa shape index (κ2) is 6.18. The van der Waals surface area contributed by atoms with E-state index in [-0.39, 0.29) is 17.5 Å². The second-order valence-corrected chi connectivity index (χ2v) is 5.36. The summed E-state index contributed by atoms with van der Waals surface area (Å²) >= 11 is 5.84. The minimum absolute atomic E-state index is 0.206. The molecular weight excluding hydrogens is 316 g/mol. The van der Waals surface area contributed by atoms with E-state index in [9.17, 15) is 5.11 Å². The van der Waals surface area contributed by atoms with Crippen LogP contribution >= 0.6 is 11.6 Å². The molecule has 0 amide bonds. The molecule has 2 aromatic heterocycles. The van der Waals surface area contributed by atoms with Crippen LogP contribution in [0.1, 0.15) is 17.1 Å². The van der Waals surface area contributed by atoms with Crippen molar-refractivity contribution in [1.29, 1.82) is 0 Å². The van der Waals surface area contributed by atoms with Gasteiger partial charge in [0.15, 0.2) is 5.69 Å². The van der Waals surface area contributed by atoms with E-state index in [1.807, 2.05) is 19.9 Å². The molecule has 0 fully saturated rings. The smallest absolute Gasteiger partial charge is 0.312 e. The summed E-state index contributed by atoms with van der Waals surface area (Å²) in [6.07, 6.45) is 1.37. The van der Waals surface area contributed by atoms with E-state index in [2.05, 4.69) is 19.9 Å². The summed E-state index contributed by atoms with van der Waals surface area (Å²) in [5.74, 6) is 0.267. The average Bonchev–Trinajstić information content (AvgIpc) is 2.86. The zero-order chi connectivity index (χ0) is 16.4. The topological polar surface area (TPSA) is 84.4 Å². The highest BCUT2D eigenvalue weighted by Gasteiger charge is 2.12. The van der Waals surface area contributed by atoms with E-state index in [0.29, 0.717) is 16.5 Å². The minimum Gasteiger partial charge on any atom is -0.479 e. The number of hydrogen-bond donors (Lipinski definition) is 1. The van der Waals surface area contributed by atoms with Crippen LogP contribution in [0, 0.1) is 13.8 Å². The molecule has 3 aromatic rings. The van der Waals surface area contributed by atoms with E-state index >= 15 is 0 Å². The minimum atomic E-state index is -0.317. The number of hydrogen-bond acceptors (Lipinski definition) is 6. The van der Waals surface area contributed by atoms with Crippen LogP contribution < -0.4 is 0 Å². The third-order valence-electron chi connectivity index (χ3n) is 3.00. The second-order valence-electron chi connectivity index (χ2n) is 4.93. The Labute approximate surface area is 137 Å². The van der Waals surface area contributed by atoms with Crippen molar-refractivity contribution in [3.8, 4) is 17.4 Å². The third kappa shape index (κ3) is 3.54. The molecule has 116 valence electrons. The van der Waals surface area contributed by atoms with Gasteiger partial charge in [0.05, 0.1) is 6.21 Å². The Morgan fingerprint density at radius 3 is 2.39 bits per heavy atom. The molecule has 0 saturated heterocycles. The van der Waals surface area contributed by atoms with Crippen LogP contribution in [0.2, 0.25) is 5.02 Å². The van der Waals surface area contributed by atoms with Gasteiger partial charge in [-0.2, -0.15) is 0 Å². The number of nitrogens with zero attached hydrogens (tertiary/aromatic N) is 4. The Balaban J connectivity index is 1.89. The quantitative estimate of drug-likeness (QED) is 0.738. The highest BCUT2D eigenvalue weighted by Crippen LogP contribution is 2.26. The van der Waals surface area contributed by atoms with Crippen LogP contribution in [0.5, 0.6) is 5.95 Å². The van der Waals surface area contributed by atoms with Crippen LogP contribution in [0.15, 0.2) is 39.7 Å². The molecule has 0 aliphatic rings. The molecule has 1 N–H and O–H groups in total. The van der Waals surface area contributed by atoms with Gasteiger partial charge in [0, 0.05) is 22.0 Å². The van der Waals surface area contributed by atoms with Crippen LogP contribution in [-0.2, 0) is 0 Å². The first-order valence-corrected chi connectivity index (χ1v) is 7.21. The summed E-state index contributed by atoms with van der Waals surface area (Å²) in [5, 5.41) is 10.5. The van der Waals surface area contributed by atoms with Crippen LogP contribution in [-0.4, -0.2) is 26.3 Å². The maximum Gasteiger partial charge on any atom is 0.312 e. The van der Waals surface area contributed by atoms with Gasteiger partial charge in [-0.15, -0.1) is 0 Å². The van der Waals surface area contributed by atoms with Crippen molar-refractivity contribution >= 4 is 23.8 Å². The Hall–Kier alpha value is -2.73. The number of aliphatic imine (C=N–C) groups is 1. The first-order chi connectivity index (χ1) is 11.0. The van der Waals surface area contributed by atoms with Gasteiger partial charge in [0.25, 0.3) is 0 Å². The van der Waals surface area contributed by atoms with Crippen molar-refractivity contribution in [3.05, 3.63) is 52.4 Å². The van der Waals surface area contributed by atoms with Gasteiger partial charge in [-0.25, -0.2) is 19.9 Å². The summed E-state index contributed by atoms with van der Waals surface area (Å²) in [6.45, 7) is 3.72. The van der Waals surface area contributed by atoms with Crippen LogP contribution in [0.4, 0.5) is 5.95 Å². The Morgan fingerprint density at radius 1 is 1.09 bits per heavy atom. The monoisotopic (exact) mass is 328 g/mol. The highest BCUT2D eigenvalue weighted by atomic mass is 35.5. The molecule has 0 atom stereocenters. The molecule has 0 bridgehead atoms.